The Labute approximate surface area is 218 Å². The van der Waals surface area contributed by atoms with E-state index in [-0.39, 0.29) is 0 Å². The fourth-order valence-electron chi connectivity index (χ4n) is 3.06. The number of hydrogen-bond donors (Lipinski definition) is 0. The smallest absolute Gasteiger partial charge is 0.0740 e. The van der Waals surface area contributed by atoms with Crippen molar-refractivity contribution in [1.82, 2.24) is 9.97 Å². The lowest BCUT2D eigenvalue weighted by Gasteiger charge is -2.10. The molecule has 0 unspecified atom stereocenters. The maximum absolute atomic E-state index is 5.76. The van der Waals surface area contributed by atoms with Gasteiger partial charge in [0.1, 0.15) is 0 Å². The van der Waals surface area contributed by atoms with Crippen molar-refractivity contribution in [1.29, 1.82) is 0 Å². The van der Waals surface area contributed by atoms with E-state index in [9.17, 15) is 0 Å². The van der Waals surface area contributed by atoms with Gasteiger partial charge in [-0.05, 0) is 24.3 Å². The first-order valence-electron chi connectivity index (χ1n) is 11.2. The number of rotatable bonds is 2. The summed E-state index contributed by atoms with van der Waals surface area (Å²) in [5.41, 5.74) is 2.94. The summed E-state index contributed by atoms with van der Waals surface area (Å²) < 4.78 is 26.4. The van der Waals surface area contributed by atoms with Crippen molar-refractivity contribution in [3.63, 3.8) is 0 Å². The first-order valence-corrected chi connectivity index (χ1v) is 14.8. The number of ether oxygens (including phenoxy) is 4. The van der Waals surface area contributed by atoms with Gasteiger partial charge < -0.3 is 18.9 Å². The molecule has 0 spiro atoms. The van der Waals surface area contributed by atoms with E-state index in [4.69, 9.17) is 18.9 Å². The summed E-state index contributed by atoms with van der Waals surface area (Å²) in [6, 6.07) is 12.0. The molecule has 10 heteroatoms. The molecule has 4 heterocycles. The number of thioether (sulfide) groups is 4. The maximum Gasteiger partial charge on any atom is 0.0740 e. The Bertz CT molecular complexity index is 871. The average Bonchev–Trinajstić information content (AvgIpc) is 3.27. The van der Waals surface area contributed by atoms with Crippen molar-refractivity contribution in [3.05, 3.63) is 72.9 Å². The van der Waals surface area contributed by atoms with Crippen LogP contribution in [-0.2, 0) is 18.9 Å². The quantitative estimate of drug-likeness (QED) is 0.502. The van der Waals surface area contributed by atoms with Crippen LogP contribution in [0.1, 0.15) is 11.4 Å². The van der Waals surface area contributed by atoms with Crippen LogP contribution >= 0.6 is 47.0 Å². The molecule has 0 atom stereocenters. The van der Waals surface area contributed by atoms with E-state index in [1.165, 1.54) is 12.7 Å². The van der Waals surface area contributed by atoms with E-state index in [1.807, 2.05) is 83.7 Å². The van der Waals surface area contributed by atoms with Gasteiger partial charge in [-0.3, -0.25) is 9.97 Å². The molecule has 2 aliphatic rings. The molecule has 0 saturated carbocycles. The van der Waals surface area contributed by atoms with Crippen LogP contribution in [0.5, 0.6) is 0 Å². The first kappa shape index (κ1) is 26.1. The van der Waals surface area contributed by atoms with Gasteiger partial charge in [-0.2, -0.15) is 0 Å². The van der Waals surface area contributed by atoms with Crippen molar-refractivity contribution in [3.8, 4) is 0 Å². The van der Waals surface area contributed by atoms with Crippen molar-refractivity contribution in [2.75, 3.05) is 64.4 Å². The van der Waals surface area contributed by atoms with Gasteiger partial charge in [0.2, 0.25) is 0 Å². The number of nitrogens with zero attached hydrogens (tertiary/aromatic N) is 2. The van der Waals surface area contributed by atoms with Crippen LogP contribution in [0.2, 0.25) is 0 Å². The van der Waals surface area contributed by atoms with E-state index in [2.05, 4.69) is 22.1 Å². The lowest BCUT2D eigenvalue weighted by Crippen LogP contribution is -2.13. The molecule has 0 radical (unpaired) electrons. The molecule has 4 rings (SSSR count). The summed E-state index contributed by atoms with van der Waals surface area (Å²) in [4.78, 5) is 9.29. The predicted molar refractivity (Wildman–Crippen MR) is 145 cm³/mol. The third kappa shape index (κ3) is 8.30. The second-order valence-corrected chi connectivity index (χ2v) is 12.0. The highest BCUT2D eigenvalue weighted by molar-refractivity contribution is 8.40. The van der Waals surface area contributed by atoms with Crippen LogP contribution in [0.4, 0.5) is 0 Å². The third-order valence-corrected chi connectivity index (χ3v) is 10.1. The fraction of sp³-hybridized carbons (Fsp3) is 0.417. The molecule has 0 N–H and O–H groups in total. The molecule has 0 amide bonds. The number of aromatic nitrogens is 2. The molecule has 0 aliphatic carbocycles. The van der Waals surface area contributed by atoms with Gasteiger partial charge in [-0.15, -0.1) is 23.5 Å². The molecule has 0 bridgehead atoms. The second kappa shape index (κ2) is 15.2. The van der Waals surface area contributed by atoms with Crippen LogP contribution in [-0.4, -0.2) is 74.3 Å². The predicted octanol–water partition coefficient (Wildman–Crippen LogP) is 5.35. The zero-order valence-electron chi connectivity index (χ0n) is 18.9. The summed E-state index contributed by atoms with van der Waals surface area (Å²) in [6.45, 7) is 4.91. The standard InChI is InChI=1S/C24H28N2O4S4/c1-3-7-25-19(5-1)21(20-6-2-4-8-26-20)22-33-23-24(34-22)32-18-16-30-14-12-28-10-9-27-11-13-29-15-17-31-23/h1-8H,9-18H2. The molecule has 0 fully saturated rings. The van der Waals surface area contributed by atoms with Crippen molar-refractivity contribution < 1.29 is 18.9 Å². The molecule has 2 aliphatic heterocycles. The summed E-state index contributed by atoms with van der Waals surface area (Å²) in [5.74, 6) is 1.78. The lowest BCUT2D eigenvalue weighted by atomic mass is 10.1. The van der Waals surface area contributed by atoms with E-state index < -0.39 is 0 Å². The average molecular weight is 537 g/mol. The summed E-state index contributed by atoms with van der Waals surface area (Å²) in [5, 5.41) is 0. The fourth-order valence-corrected chi connectivity index (χ4v) is 8.86. The summed E-state index contributed by atoms with van der Waals surface area (Å²) in [6.07, 6.45) is 3.67. The second-order valence-electron chi connectivity index (χ2n) is 7.02. The Morgan fingerprint density at radius 3 is 1.44 bits per heavy atom. The van der Waals surface area contributed by atoms with Crippen LogP contribution in [0.15, 0.2) is 61.5 Å². The highest BCUT2D eigenvalue weighted by Gasteiger charge is 2.27. The Hall–Kier alpha value is -0.980. The molecule has 6 nitrogen and oxygen atoms in total. The van der Waals surface area contributed by atoms with Crippen molar-refractivity contribution in [2.24, 2.45) is 0 Å². The van der Waals surface area contributed by atoms with Crippen molar-refractivity contribution in [2.45, 2.75) is 0 Å². The minimum Gasteiger partial charge on any atom is -0.378 e. The molecule has 2 aromatic rings. The Morgan fingerprint density at radius 1 is 0.588 bits per heavy atom. The molecule has 0 saturated heterocycles. The largest absolute Gasteiger partial charge is 0.378 e. The monoisotopic (exact) mass is 536 g/mol. The first-order chi connectivity index (χ1) is 16.9. The topological polar surface area (TPSA) is 62.7 Å². The molecule has 34 heavy (non-hydrogen) atoms. The van der Waals surface area contributed by atoms with E-state index in [0.29, 0.717) is 52.9 Å². The molecule has 182 valence electrons. The van der Waals surface area contributed by atoms with Gasteiger partial charge in [0.25, 0.3) is 0 Å². The Balaban J connectivity index is 1.50. The van der Waals surface area contributed by atoms with Gasteiger partial charge in [0.15, 0.2) is 0 Å². The zero-order chi connectivity index (χ0) is 23.3. The molecule has 2 aromatic heterocycles. The van der Waals surface area contributed by atoms with Gasteiger partial charge in [-0.25, -0.2) is 0 Å². The summed E-state index contributed by atoms with van der Waals surface area (Å²) in [7, 11) is 0. The SMILES string of the molecule is c1ccc(C(=C2SC3=C(SCCOCCOCCOCCOCCS3)S2)c2ccccn2)nc1. The van der Waals surface area contributed by atoms with Crippen LogP contribution in [0.3, 0.4) is 0 Å². The van der Waals surface area contributed by atoms with Crippen LogP contribution in [0, 0.1) is 0 Å². The Kier molecular flexibility index (Phi) is 11.7. The minimum absolute atomic E-state index is 0.585. The van der Waals surface area contributed by atoms with Gasteiger partial charge in [-0.1, -0.05) is 35.7 Å². The lowest BCUT2D eigenvalue weighted by molar-refractivity contribution is 0.00147. The summed E-state index contributed by atoms with van der Waals surface area (Å²) >= 11 is 7.31. The highest BCUT2D eigenvalue weighted by atomic mass is 32.3. The maximum atomic E-state index is 5.76. The molecular weight excluding hydrogens is 509 g/mol. The van der Waals surface area contributed by atoms with E-state index in [1.54, 1.807) is 0 Å². The highest BCUT2D eigenvalue weighted by Crippen LogP contribution is 2.59. The van der Waals surface area contributed by atoms with E-state index in [0.717, 1.165) is 28.5 Å². The van der Waals surface area contributed by atoms with Gasteiger partial charge in [0, 0.05) is 29.5 Å². The third-order valence-electron chi connectivity index (χ3n) is 4.62. The molecule has 0 aromatic carbocycles. The van der Waals surface area contributed by atoms with Crippen LogP contribution < -0.4 is 0 Å². The number of hydrogen-bond acceptors (Lipinski definition) is 10. The van der Waals surface area contributed by atoms with E-state index >= 15 is 0 Å². The Morgan fingerprint density at radius 2 is 1.03 bits per heavy atom. The van der Waals surface area contributed by atoms with Gasteiger partial charge in [0.05, 0.1) is 77.0 Å². The van der Waals surface area contributed by atoms with Crippen LogP contribution in [0.25, 0.3) is 5.57 Å². The number of pyridine rings is 2. The minimum atomic E-state index is 0.585. The van der Waals surface area contributed by atoms with Gasteiger partial charge >= 0.3 is 0 Å². The molecular formula is C24H28N2O4S4. The van der Waals surface area contributed by atoms with Crippen molar-refractivity contribution >= 4 is 52.6 Å². The zero-order valence-corrected chi connectivity index (χ0v) is 22.1. The normalized spacial score (nSPS) is 19.8.